The molecule has 1 heterocycles. The van der Waals surface area contributed by atoms with Gasteiger partial charge in [-0.05, 0) is 6.42 Å². The van der Waals surface area contributed by atoms with E-state index >= 15 is 0 Å². The van der Waals surface area contributed by atoms with Crippen LogP contribution in [0.1, 0.15) is 12.8 Å². The van der Waals surface area contributed by atoms with Gasteiger partial charge in [-0.2, -0.15) is 5.10 Å². The Morgan fingerprint density at radius 1 is 1.58 bits per heavy atom. The average molecular weight is 192 g/mol. The molecule has 1 aromatic heterocycles. The van der Waals surface area contributed by atoms with Crippen LogP contribution in [0.2, 0.25) is 0 Å². The topological polar surface area (TPSA) is 68.0 Å². The monoisotopic (exact) mass is 191 g/mol. The zero-order chi connectivity index (χ0) is 8.10. The SMILES string of the molecule is Cl.O=C(O)CCCn1cncn1. The highest BCUT2D eigenvalue weighted by Crippen LogP contribution is 1.91. The van der Waals surface area contributed by atoms with Crippen molar-refractivity contribution in [3.63, 3.8) is 0 Å². The van der Waals surface area contributed by atoms with Gasteiger partial charge in [0.2, 0.25) is 0 Å². The van der Waals surface area contributed by atoms with Gasteiger partial charge in [0.1, 0.15) is 12.7 Å². The molecule has 0 bridgehead atoms. The van der Waals surface area contributed by atoms with Crippen LogP contribution in [0.3, 0.4) is 0 Å². The standard InChI is InChI=1S/C6H9N3O2.ClH/c10-6(11)2-1-3-9-5-7-4-8-9;/h4-5H,1-3H2,(H,10,11);1H. The van der Waals surface area contributed by atoms with E-state index in [0.717, 1.165) is 0 Å². The van der Waals surface area contributed by atoms with E-state index in [1.165, 1.54) is 6.33 Å². The summed E-state index contributed by atoms with van der Waals surface area (Å²) in [6.45, 7) is 0.617. The molecule has 68 valence electrons. The van der Waals surface area contributed by atoms with Gasteiger partial charge in [0, 0.05) is 13.0 Å². The van der Waals surface area contributed by atoms with Crippen molar-refractivity contribution in [2.24, 2.45) is 0 Å². The number of halogens is 1. The zero-order valence-corrected chi connectivity index (χ0v) is 7.20. The highest BCUT2D eigenvalue weighted by Gasteiger charge is 1.96. The number of hydrogen-bond acceptors (Lipinski definition) is 3. The van der Waals surface area contributed by atoms with Gasteiger partial charge in [0.05, 0.1) is 0 Å². The molecular weight excluding hydrogens is 182 g/mol. The molecule has 0 spiro atoms. The van der Waals surface area contributed by atoms with Crippen LogP contribution < -0.4 is 0 Å². The van der Waals surface area contributed by atoms with Crippen molar-refractivity contribution in [1.82, 2.24) is 14.8 Å². The molecule has 1 aromatic rings. The Bertz CT molecular complexity index is 225. The minimum Gasteiger partial charge on any atom is -0.481 e. The number of carboxylic acids is 1. The normalized spacial score (nSPS) is 9.00. The van der Waals surface area contributed by atoms with E-state index in [9.17, 15) is 4.79 Å². The van der Waals surface area contributed by atoms with Crippen molar-refractivity contribution >= 4 is 18.4 Å². The molecule has 0 unspecified atom stereocenters. The van der Waals surface area contributed by atoms with Gasteiger partial charge in [-0.3, -0.25) is 9.48 Å². The number of hydrogen-bond donors (Lipinski definition) is 1. The van der Waals surface area contributed by atoms with Crippen molar-refractivity contribution in [3.8, 4) is 0 Å². The summed E-state index contributed by atoms with van der Waals surface area (Å²) in [5, 5.41) is 12.1. The van der Waals surface area contributed by atoms with E-state index in [4.69, 9.17) is 5.11 Å². The number of nitrogens with zero attached hydrogens (tertiary/aromatic N) is 3. The molecule has 0 aliphatic heterocycles. The Kier molecular flexibility index (Phi) is 5.03. The van der Waals surface area contributed by atoms with Crippen LogP contribution in [0.25, 0.3) is 0 Å². The molecule has 0 aliphatic rings. The number of carboxylic acid groups (broad SMARTS) is 1. The Balaban J connectivity index is 0.00000121. The van der Waals surface area contributed by atoms with Crippen molar-refractivity contribution in [2.75, 3.05) is 0 Å². The highest BCUT2D eigenvalue weighted by molar-refractivity contribution is 5.85. The Labute approximate surface area is 75.8 Å². The summed E-state index contributed by atoms with van der Waals surface area (Å²) < 4.78 is 1.61. The summed E-state index contributed by atoms with van der Waals surface area (Å²) in [7, 11) is 0. The van der Waals surface area contributed by atoms with Crippen LogP contribution in [0.4, 0.5) is 0 Å². The minimum atomic E-state index is -0.773. The quantitative estimate of drug-likeness (QED) is 0.756. The van der Waals surface area contributed by atoms with Crippen LogP contribution in [0.5, 0.6) is 0 Å². The van der Waals surface area contributed by atoms with Crippen molar-refractivity contribution in [3.05, 3.63) is 12.7 Å². The molecule has 0 radical (unpaired) electrons. The number of aryl methyl sites for hydroxylation is 1. The minimum absolute atomic E-state index is 0. The lowest BCUT2D eigenvalue weighted by Crippen LogP contribution is -2.01. The van der Waals surface area contributed by atoms with E-state index in [2.05, 4.69) is 10.1 Å². The first-order chi connectivity index (χ1) is 5.29. The Morgan fingerprint density at radius 3 is 2.83 bits per heavy atom. The van der Waals surface area contributed by atoms with Crippen LogP contribution in [-0.4, -0.2) is 25.8 Å². The maximum Gasteiger partial charge on any atom is 0.303 e. The molecule has 0 aliphatic carbocycles. The molecule has 1 N–H and O–H groups in total. The third kappa shape index (κ3) is 3.92. The average Bonchev–Trinajstić information content (AvgIpc) is 2.39. The van der Waals surface area contributed by atoms with E-state index < -0.39 is 5.97 Å². The van der Waals surface area contributed by atoms with Crippen LogP contribution in [-0.2, 0) is 11.3 Å². The first-order valence-corrected chi connectivity index (χ1v) is 3.33. The third-order valence-electron chi connectivity index (χ3n) is 1.24. The van der Waals surface area contributed by atoms with E-state index in [1.807, 2.05) is 0 Å². The fraction of sp³-hybridized carbons (Fsp3) is 0.500. The number of aliphatic carboxylic acids is 1. The van der Waals surface area contributed by atoms with Gasteiger partial charge in [-0.15, -0.1) is 12.4 Å². The van der Waals surface area contributed by atoms with E-state index in [1.54, 1.807) is 11.0 Å². The first-order valence-electron chi connectivity index (χ1n) is 3.33. The smallest absolute Gasteiger partial charge is 0.303 e. The third-order valence-corrected chi connectivity index (χ3v) is 1.24. The molecule has 6 heteroatoms. The largest absolute Gasteiger partial charge is 0.481 e. The summed E-state index contributed by atoms with van der Waals surface area (Å²) in [4.78, 5) is 13.8. The maximum atomic E-state index is 10.1. The highest BCUT2D eigenvalue weighted by atomic mass is 35.5. The Hall–Kier alpha value is -1.10. The molecule has 0 amide bonds. The lowest BCUT2D eigenvalue weighted by molar-refractivity contribution is -0.137. The number of carbonyl (C=O) groups is 1. The molecule has 1 rings (SSSR count). The van der Waals surface area contributed by atoms with Gasteiger partial charge in [-0.1, -0.05) is 0 Å². The van der Waals surface area contributed by atoms with Crippen molar-refractivity contribution < 1.29 is 9.90 Å². The lowest BCUT2D eigenvalue weighted by atomic mass is 10.3. The van der Waals surface area contributed by atoms with Gasteiger partial charge >= 0.3 is 5.97 Å². The second-order valence-corrected chi connectivity index (χ2v) is 2.16. The van der Waals surface area contributed by atoms with E-state index in [-0.39, 0.29) is 18.8 Å². The zero-order valence-electron chi connectivity index (χ0n) is 6.38. The first kappa shape index (κ1) is 10.9. The van der Waals surface area contributed by atoms with Gasteiger partial charge in [-0.25, -0.2) is 4.98 Å². The molecule has 0 saturated carbocycles. The molecule has 0 fully saturated rings. The van der Waals surface area contributed by atoms with Gasteiger partial charge in [0.15, 0.2) is 0 Å². The molecule has 5 nitrogen and oxygen atoms in total. The number of aromatic nitrogens is 3. The predicted octanol–water partition coefficient (Wildman–Crippen LogP) is 0.565. The second kappa shape index (κ2) is 5.54. The summed E-state index contributed by atoms with van der Waals surface area (Å²) >= 11 is 0. The summed E-state index contributed by atoms with van der Waals surface area (Å²) in [6, 6.07) is 0. The fourth-order valence-corrected chi connectivity index (χ4v) is 0.740. The number of rotatable bonds is 4. The van der Waals surface area contributed by atoms with Crippen molar-refractivity contribution in [1.29, 1.82) is 0 Å². The van der Waals surface area contributed by atoms with Gasteiger partial charge in [0.25, 0.3) is 0 Å². The summed E-state index contributed by atoms with van der Waals surface area (Å²) in [5.74, 6) is -0.773. The van der Waals surface area contributed by atoms with Gasteiger partial charge < -0.3 is 5.11 Å². The fourth-order valence-electron chi connectivity index (χ4n) is 0.740. The van der Waals surface area contributed by atoms with E-state index in [0.29, 0.717) is 13.0 Å². The molecule has 0 aromatic carbocycles. The molecule has 0 atom stereocenters. The van der Waals surface area contributed by atoms with Crippen LogP contribution in [0.15, 0.2) is 12.7 Å². The van der Waals surface area contributed by atoms with Crippen LogP contribution >= 0.6 is 12.4 Å². The maximum absolute atomic E-state index is 10.1. The molecule has 0 saturated heterocycles. The predicted molar refractivity (Wildman–Crippen MR) is 44.1 cm³/mol. The lowest BCUT2D eigenvalue weighted by Gasteiger charge is -1.95. The molecule has 12 heavy (non-hydrogen) atoms. The van der Waals surface area contributed by atoms with Crippen LogP contribution in [0, 0.1) is 0 Å². The molecular formula is C6H10ClN3O2. The Morgan fingerprint density at radius 2 is 2.33 bits per heavy atom. The second-order valence-electron chi connectivity index (χ2n) is 2.16. The van der Waals surface area contributed by atoms with Crippen molar-refractivity contribution in [2.45, 2.75) is 19.4 Å². The summed E-state index contributed by atoms with van der Waals surface area (Å²) in [6.07, 6.45) is 3.78. The summed E-state index contributed by atoms with van der Waals surface area (Å²) in [5.41, 5.74) is 0.